The number of Topliss-reactive ketones (excluding diaryl/α,β-unsaturated/α-hetero) is 1. The Labute approximate surface area is 161 Å². The summed E-state index contributed by atoms with van der Waals surface area (Å²) in [5.41, 5.74) is 1.52. The molecule has 1 heterocycles. The van der Waals surface area contributed by atoms with Crippen LogP contribution < -0.4 is 4.74 Å². The highest BCUT2D eigenvalue weighted by atomic mass is 32.2. The lowest BCUT2D eigenvalue weighted by molar-refractivity contribution is 0.0987. The first-order valence-electron chi connectivity index (χ1n) is 8.58. The number of aromatic nitrogens is 4. The van der Waals surface area contributed by atoms with Crippen LogP contribution in [0.3, 0.4) is 0 Å². The molecule has 0 aliphatic heterocycles. The van der Waals surface area contributed by atoms with Crippen LogP contribution in [0.4, 0.5) is 0 Å². The van der Waals surface area contributed by atoms with Gasteiger partial charge in [0, 0.05) is 17.7 Å². The average molecular weight is 384 g/mol. The number of para-hydroxylation sites is 1. The number of ketones is 1. The van der Waals surface area contributed by atoms with Gasteiger partial charge >= 0.3 is 0 Å². The summed E-state index contributed by atoms with van der Waals surface area (Å²) in [6, 6.07) is 16.5. The van der Waals surface area contributed by atoms with Crippen molar-refractivity contribution < 1.29 is 14.6 Å². The second kappa shape index (κ2) is 9.29. The van der Waals surface area contributed by atoms with Crippen molar-refractivity contribution in [1.29, 1.82) is 0 Å². The molecule has 0 radical (unpaired) electrons. The molecule has 0 aliphatic rings. The summed E-state index contributed by atoms with van der Waals surface area (Å²) < 4.78 is 7.21. The number of rotatable bonds is 9. The lowest BCUT2D eigenvalue weighted by atomic mass is 10.1. The second-order valence-corrected chi connectivity index (χ2v) is 6.77. The van der Waals surface area contributed by atoms with E-state index in [4.69, 9.17) is 4.74 Å². The van der Waals surface area contributed by atoms with Gasteiger partial charge in [-0.15, -0.1) is 5.10 Å². The molecule has 0 spiro atoms. The number of ether oxygens (including phenoxy) is 1. The first-order chi connectivity index (χ1) is 13.2. The van der Waals surface area contributed by atoms with Crippen LogP contribution in [-0.4, -0.2) is 49.6 Å². The molecule has 0 saturated carbocycles. The maximum Gasteiger partial charge on any atom is 0.214 e. The van der Waals surface area contributed by atoms with Crippen molar-refractivity contribution in [3.8, 4) is 11.4 Å². The molecule has 0 amide bonds. The Morgan fingerprint density at radius 3 is 2.63 bits per heavy atom. The molecule has 8 heteroatoms. The SMILES string of the molecule is CCC(=O)c1ccc(OC[C@H](O)CSc2nnnn2-c2ccccc2)cc1. The minimum Gasteiger partial charge on any atom is -0.491 e. The Morgan fingerprint density at radius 2 is 1.93 bits per heavy atom. The topological polar surface area (TPSA) is 90.1 Å². The van der Waals surface area contributed by atoms with Gasteiger partial charge in [-0.3, -0.25) is 4.79 Å². The summed E-state index contributed by atoms with van der Waals surface area (Å²) in [6.45, 7) is 1.97. The van der Waals surface area contributed by atoms with E-state index in [-0.39, 0.29) is 12.4 Å². The highest BCUT2D eigenvalue weighted by molar-refractivity contribution is 7.99. The van der Waals surface area contributed by atoms with Crippen molar-refractivity contribution in [2.45, 2.75) is 24.6 Å². The third kappa shape index (κ3) is 5.15. The largest absolute Gasteiger partial charge is 0.491 e. The van der Waals surface area contributed by atoms with E-state index in [9.17, 15) is 9.90 Å². The van der Waals surface area contributed by atoms with Crippen LogP contribution >= 0.6 is 11.8 Å². The second-order valence-electron chi connectivity index (χ2n) is 5.79. The summed E-state index contributed by atoms with van der Waals surface area (Å²) in [6.07, 6.45) is -0.216. The highest BCUT2D eigenvalue weighted by Crippen LogP contribution is 2.19. The number of carbonyl (C=O) groups excluding carboxylic acids is 1. The third-order valence-corrected chi connectivity index (χ3v) is 4.85. The maximum atomic E-state index is 11.6. The van der Waals surface area contributed by atoms with Crippen LogP contribution in [0.2, 0.25) is 0 Å². The zero-order valence-corrected chi connectivity index (χ0v) is 15.7. The van der Waals surface area contributed by atoms with Crippen LogP contribution in [0.25, 0.3) is 5.69 Å². The lowest BCUT2D eigenvalue weighted by Gasteiger charge is -2.12. The van der Waals surface area contributed by atoms with Gasteiger partial charge in [0.15, 0.2) is 5.78 Å². The van der Waals surface area contributed by atoms with Crippen LogP contribution in [-0.2, 0) is 0 Å². The van der Waals surface area contributed by atoms with Gasteiger partial charge in [-0.2, -0.15) is 4.68 Å². The Kier molecular flexibility index (Phi) is 6.56. The fourth-order valence-electron chi connectivity index (χ4n) is 2.35. The third-order valence-electron chi connectivity index (χ3n) is 3.79. The van der Waals surface area contributed by atoms with Gasteiger partial charge in [0.1, 0.15) is 12.4 Å². The molecule has 140 valence electrons. The molecule has 27 heavy (non-hydrogen) atoms. The molecule has 7 nitrogen and oxygen atoms in total. The predicted octanol–water partition coefficient (Wildman–Crippen LogP) is 2.79. The fourth-order valence-corrected chi connectivity index (χ4v) is 3.15. The molecule has 3 aromatic rings. The first kappa shape index (κ1) is 19.1. The van der Waals surface area contributed by atoms with Crippen LogP contribution in [0.1, 0.15) is 23.7 Å². The van der Waals surface area contributed by atoms with E-state index in [2.05, 4.69) is 15.5 Å². The summed E-state index contributed by atoms with van der Waals surface area (Å²) in [7, 11) is 0. The number of hydrogen-bond acceptors (Lipinski definition) is 7. The summed E-state index contributed by atoms with van der Waals surface area (Å²) >= 11 is 1.35. The van der Waals surface area contributed by atoms with E-state index < -0.39 is 6.10 Å². The molecule has 3 rings (SSSR count). The Hall–Kier alpha value is -2.71. The average Bonchev–Trinajstić information content (AvgIpc) is 3.20. The van der Waals surface area contributed by atoms with Gasteiger partial charge in [0.05, 0.1) is 11.8 Å². The number of nitrogens with zero attached hydrogens (tertiary/aromatic N) is 4. The van der Waals surface area contributed by atoms with E-state index in [0.717, 1.165) is 5.69 Å². The van der Waals surface area contributed by atoms with Gasteiger partial charge in [0.2, 0.25) is 5.16 Å². The number of hydrogen-bond donors (Lipinski definition) is 1. The van der Waals surface area contributed by atoms with Gasteiger partial charge in [-0.1, -0.05) is 36.9 Å². The Balaban J connectivity index is 1.50. The van der Waals surface area contributed by atoms with Gasteiger partial charge in [-0.25, -0.2) is 0 Å². The minimum atomic E-state index is -0.687. The van der Waals surface area contributed by atoms with E-state index in [1.165, 1.54) is 11.8 Å². The highest BCUT2D eigenvalue weighted by Gasteiger charge is 2.13. The van der Waals surface area contributed by atoms with Crippen molar-refractivity contribution in [3.63, 3.8) is 0 Å². The normalized spacial score (nSPS) is 11.9. The fraction of sp³-hybridized carbons (Fsp3) is 0.263. The molecule has 0 fully saturated rings. The molecule has 0 saturated heterocycles. The molecule has 0 bridgehead atoms. The number of carbonyl (C=O) groups is 1. The van der Waals surface area contributed by atoms with Crippen LogP contribution in [0.15, 0.2) is 59.8 Å². The monoisotopic (exact) mass is 384 g/mol. The predicted molar refractivity (Wildman–Crippen MR) is 102 cm³/mol. The Bertz CT molecular complexity index is 868. The number of benzene rings is 2. The van der Waals surface area contributed by atoms with E-state index >= 15 is 0 Å². The summed E-state index contributed by atoms with van der Waals surface area (Å²) in [5, 5.41) is 22.5. The quantitative estimate of drug-likeness (QED) is 0.448. The number of thioether (sulfide) groups is 1. The lowest BCUT2D eigenvalue weighted by Crippen LogP contribution is -2.20. The molecule has 1 N–H and O–H groups in total. The number of aliphatic hydroxyl groups excluding tert-OH is 1. The van der Waals surface area contributed by atoms with Crippen molar-refractivity contribution in [2.24, 2.45) is 0 Å². The minimum absolute atomic E-state index is 0.0918. The maximum absolute atomic E-state index is 11.6. The molecule has 2 aromatic carbocycles. The summed E-state index contributed by atoms with van der Waals surface area (Å²) in [5.74, 6) is 1.09. The molecule has 0 unspecified atom stereocenters. The smallest absolute Gasteiger partial charge is 0.214 e. The van der Waals surface area contributed by atoms with Gasteiger partial charge < -0.3 is 9.84 Å². The van der Waals surface area contributed by atoms with E-state index in [1.54, 1.807) is 28.9 Å². The Morgan fingerprint density at radius 1 is 1.19 bits per heavy atom. The van der Waals surface area contributed by atoms with Crippen LogP contribution in [0, 0.1) is 0 Å². The molecular weight excluding hydrogens is 364 g/mol. The zero-order chi connectivity index (χ0) is 19.1. The van der Waals surface area contributed by atoms with Gasteiger partial charge in [-0.05, 0) is 46.8 Å². The van der Waals surface area contributed by atoms with Gasteiger partial charge in [0.25, 0.3) is 0 Å². The van der Waals surface area contributed by atoms with Crippen molar-refractivity contribution in [2.75, 3.05) is 12.4 Å². The van der Waals surface area contributed by atoms with Crippen LogP contribution in [0.5, 0.6) is 5.75 Å². The van der Waals surface area contributed by atoms with Crippen molar-refractivity contribution in [1.82, 2.24) is 20.2 Å². The standard InChI is InChI=1S/C19H20N4O3S/c1-2-18(25)14-8-10-17(11-9-14)26-12-16(24)13-27-19-20-21-22-23(19)15-6-4-3-5-7-15/h3-11,16,24H,2,12-13H2,1H3/t16-/m0/s1. The summed E-state index contributed by atoms with van der Waals surface area (Å²) in [4.78, 5) is 11.6. The number of tetrazole rings is 1. The van der Waals surface area contributed by atoms with E-state index in [1.807, 2.05) is 37.3 Å². The van der Waals surface area contributed by atoms with Crippen molar-refractivity contribution in [3.05, 3.63) is 60.2 Å². The molecule has 1 atom stereocenters. The van der Waals surface area contributed by atoms with Crippen molar-refractivity contribution >= 4 is 17.5 Å². The first-order valence-corrected chi connectivity index (χ1v) is 9.56. The molecule has 1 aromatic heterocycles. The zero-order valence-electron chi connectivity index (χ0n) is 14.9. The molecule has 0 aliphatic carbocycles. The number of aliphatic hydroxyl groups is 1. The molecular formula is C19H20N4O3S. The van der Waals surface area contributed by atoms with E-state index in [0.29, 0.717) is 28.6 Å².